The van der Waals surface area contributed by atoms with Gasteiger partial charge in [-0.15, -0.1) is 0 Å². The molecular weight excluding hydrogens is 354 g/mol. The van der Waals surface area contributed by atoms with Crippen molar-refractivity contribution in [3.8, 4) is 11.6 Å². The number of urea groups is 1. The lowest BCUT2D eigenvalue weighted by Gasteiger charge is -2.35. The Kier molecular flexibility index (Phi) is 5.64. The average Bonchev–Trinajstić information content (AvgIpc) is 2.58. The van der Waals surface area contributed by atoms with Crippen LogP contribution in [0.25, 0.3) is 0 Å². The molecule has 26 heavy (non-hydrogen) atoms. The summed E-state index contributed by atoms with van der Waals surface area (Å²) in [5, 5.41) is 6.39. The van der Waals surface area contributed by atoms with E-state index in [0.717, 1.165) is 12.8 Å². The highest BCUT2D eigenvalue weighted by molar-refractivity contribution is 6.30. The molecule has 0 radical (unpaired) electrons. The van der Waals surface area contributed by atoms with Gasteiger partial charge in [0, 0.05) is 30.6 Å². The first-order valence-corrected chi connectivity index (χ1v) is 8.88. The van der Waals surface area contributed by atoms with Crippen molar-refractivity contribution in [2.45, 2.75) is 38.3 Å². The number of nitrogens with zero attached hydrogens (tertiary/aromatic N) is 1. The number of pyridine rings is 1. The molecule has 2 N–H and O–H groups in total. The molecule has 0 unspecified atom stereocenters. The summed E-state index contributed by atoms with van der Waals surface area (Å²) in [5.41, 5.74) is 0.482. The number of nitrogens with one attached hydrogen (secondary N) is 2. The molecule has 2 heterocycles. The number of hydrogen-bond acceptors (Lipinski definition) is 4. The third kappa shape index (κ3) is 5.34. The molecule has 1 fully saturated rings. The van der Waals surface area contributed by atoms with Gasteiger partial charge >= 0.3 is 6.03 Å². The first-order chi connectivity index (χ1) is 12.4. The minimum atomic E-state index is -0.222. The fraction of sp³-hybridized carbons (Fsp3) is 0.368. The summed E-state index contributed by atoms with van der Waals surface area (Å²) in [6, 6.07) is 10.4. The van der Waals surface area contributed by atoms with Crippen molar-refractivity contribution in [1.82, 2.24) is 10.3 Å². The van der Waals surface area contributed by atoms with E-state index < -0.39 is 0 Å². The Morgan fingerprint density at radius 2 is 2.04 bits per heavy atom. The standard InChI is InChI=1S/C19H22ClN3O3/c1-19(2)11-15(9-10-25-19)23-18(24)22-14-4-6-16(7-5-14)26-17-8-3-13(20)12-21-17/h3-8,12,15H,9-11H2,1-2H3,(H2,22,23,24)/t15-/m1/s1. The predicted octanol–water partition coefficient (Wildman–Crippen LogP) is 4.61. The van der Waals surface area contributed by atoms with Crippen LogP contribution >= 0.6 is 11.6 Å². The van der Waals surface area contributed by atoms with E-state index in [0.29, 0.717) is 28.9 Å². The van der Waals surface area contributed by atoms with E-state index >= 15 is 0 Å². The van der Waals surface area contributed by atoms with Gasteiger partial charge in [0.2, 0.25) is 5.88 Å². The predicted molar refractivity (Wildman–Crippen MR) is 101 cm³/mol. The lowest BCUT2D eigenvalue weighted by Crippen LogP contribution is -2.47. The molecular formula is C19H22ClN3O3. The van der Waals surface area contributed by atoms with Gasteiger partial charge in [0.15, 0.2) is 0 Å². The molecule has 138 valence electrons. The van der Waals surface area contributed by atoms with Crippen molar-refractivity contribution in [1.29, 1.82) is 0 Å². The fourth-order valence-corrected chi connectivity index (χ4v) is 2.97. The van der Waals surface area contributed by atoms with Gasteiger partial charge in [-0.25, -0.2) is 9.78 Å². The van der Waals surface area contributed by atoms with Gasteiger partial charge < -0.3 is 20.1 Å². The van der Waals surface area contributed by atoms with Gasteiger partial charge in [-0.2, -0.15) is 0 Å². The number of hydrogen-bond donors (Lipinski definition) is 2. The van der Waals surface area contributed by atoms with E-state index in [-0.39, 0.29) is 17.7 Å². The minimum Gasteiger partial charge on any atom is -0.439 e. The first kappa shape index (κ1) is 18.5. The molecule has 1 atom stereocenters. The maximum absolute atomic E-state index is 12.2. The third-order valence-electron chi connectivity index (χ3n) is 4.07. The molecule has 0 spiro atoms. The lowest BCUT2D eigenvalue weighted by molar-refractivity contribution is -0.0609. The van der Waals surface area contributed by atoms with E-state index in [2.05, 4.69) is 15.6 Å². The van der Waals surface area contributed by atoms with Gasteiger partial charge in [0.1, 0.15) is 5.75 Å². The number of benzene rings is 1. The van der Waals surface area contributed by atoms with Crippen LogP contribution < -0.4 is 15.4 Å². The molecule has 1 aromatic carbocycles. The smallest absolute Gasteiger partial charge is 0.319 e. The molecule has 0 aliphatic carbocycles. The van der Waals surface area contributed by atoms with Crippen LogP contribution in [0, 0.1) is 0 Å². The van der Waals surface area contributed by atoms with Crippen molar-refractivity contribution in [3.63, 3.8) is 0 Å². The van der Waals surface area contributed by atoms with Crippen molar-refractivity contribution in [2.75, 3.05) is 11.9 Å². The van der Waals surface area contributed by atoms with Gasteiger partial charge in [0.05, 0.1) is 10.6 Å². The summed E-state index contributed by atoms with van der Waals surface area (Å²) in [7, 11) is 0. The Labute approximate surface area is 157 Å². The summed E-state index contributed by atoms with van der Waals surface area (Å²) in [6.45, 7) is 4.72. The Hall–Kier alpha value is -2.31. The number of carbonyl (C=O) groups excluding carboxylic acids is 1. The molecule has 1 aliphatic heterocycles. The summed E-state index contributed by atoms with van der Waals surface area (Å²) in [4.78, 5) is 16.3. The molecule has 1 aliphatic rings. The number of anilines is 1. The highest BCUT2D eigenvalue weighted by Crippen LogP contribution is 2.24. The third-order valence-corrected chi connectivity index (χ3v) is 4.29. The highest BCUT2D eigenvalue weighted by atomic mass is 35.5. The highest BCUT2D eigenvalue weighted by Gasteiger charge is 2.29. The minimum absolute atomic E-state index is 0.109. The molecule has 0 bridgehead atoms. The van der Waals surface area contributed by atoms with Crippen LogP contribution in [0.4, 0.5) is 10.5 Å². The number of amides is 2. The van der Waals surface area contributed by atoms with Crippen LogP contribution in [0.2, 0.25) is 5.02 Å². The molecule has 6 nitrogen and oxygen atoms in total. The molecule has 1 aromatic heterocycles. The molecule has 0 saturated carbocycles. The number of ether oxygens (including phenoxy) is 2. The molecule has 7 heteroatoms. The molecule has 2 amide bonds. The van der Waals surface area contributed by atoms with E-state index in [1.54, 1.807) is 36.4 Å². The van der Waals surface area contributed by atoms with Crippen molar-refractivity contribution >= 4 is 23.3 Å². The number of carbonyl (C=O) groups is 1. The SMILES string of the molecule is CC1(C)C[C@H](NC(=O)Nc2ccc(Oc3ccc(Cl)cn3)cc2)CCO1. The number of rotatable bonds is 4. The van der Waals surface area contributed by atoms with Crippen LogP contribution in [0.5, 0.6) is 11.6 Å². The zero-order chi connectivity index (χ0) is 18.6. The quantitative estimate of drug-likeness (QED) is 0.818. The second kappa shape index (κ2) is 7.93. The number of halogens is 1. The summed E-state index contributed by atoms with van der Waals surface area (Å²) in [5.74, 6) is 1.08. The van der Waals surface area contributed by atoms with Crippen LogP contribution in [0.3, 0.4) is 0 Å². The summed E-state index contributed by atoms with van der Waals surface area (Å²) in [6.07, 6.45) is 3.13. The maximum atomic E-state index is 12.2. The number of aromatic nitrogens is 1. The van der Waals surface area contributed by atoms with E-state index in [1.165, 1.54) is 6.20 Å². The Morgan fingerprint density at radius 1 is 1.27 bits per heavy atom. The second-order valence-corrected chi connectivity index (χ2v) is 7.27. The fourth-order valence-electron chi connectivity index (χ4n) is 2.86. The largest absolute Gasteiger partial charge is 0.439 e. The summed E-state index contributed by atoms with van der Waals surface area (Å²) < 4.78 is 11.3. The van der Waals surface area contributed by atoms with E-state index in [9.17, 15) is 4.79 Å². The average molecular weight is 376 g/mol. The van der Waals surface area contributed by atoms with E-state index in [1.807, 2.05) is 13.8 Å². The van der Waals surface area contributed by atoms with Gasteiger partial charge in [-0.05, 0) is 57.0 Å². The second-order valence-electron chi connectivity index (χ2n) is 6.84. The molecule has 1 saturated heterocycles. The van der Waals surface area contributed by atoms with Gasteiger partial charge in [0.25, 0.3) is 0 Å². The van der Waals surface area contributed by atoms with Crippen molar-refractivity contribution in [3.05, 3.63) is 47.6 Å². The van der Waals surface area contributed by atoms with Crippen molar-refractivity contribution < 1.29 is 14.3 Å². The van der Waals surface area contributed by atoms with Crippen LogP contribution in [-0.4, -0.2) is 29.3 Å². The van der Waals surface area contributed by atoms with Gasteiger partial charge in [-0.1, -0.05) is 11.6 Å². The van der Waals surface area contributed by atoms with Crippen molar-refractivity contribution in [2.24, 2.45) is 0 Å². The van der Waals surface area contributed by atoms with Crippen LogP contribution in [-0.2, 0) is 4.74 Å². The Balaban J connectivity index is 1.52. The Morgan fingerprint density at radius 3 is 2.69 bits per heavy atom. The van der Waals surface area contributed by atoms with Crippen LogP contribution in [0.15, 0.2) is 42.6 Å². The Bertz CT molecular complexity index is 748. The normalized spacial score (nSPS) is 18.8. The topological polar surface area (TPSA) is 72.5 Å². The maximum Gasteiger partial charge on any atom is 0.319 e. The zero-order valence-electron chi connectivity index (χ0n) is 14.8. The zero-order valence-corrected chi connectivity index (χ0v) is 15.5. The summed E-state index contributed by atoms with van der Waals surface area (Å²) >= 11 is 5.80. The van der Waals surface area contributed by atoms with Gasteiger partial charge in [-0.3, -0.25) is 0 Å². The van der Waals surface area contributed by atoms with E-state index in [4.69, 9.17) is 21.1 Å². The lowest BCUT2D eigenvalue weighted by atomic mass is 9.94. The van der Waals surface area contributed by atoms with Crippen LogP contribution in [0.1, 0.15) is 26.7 Å². The monoisotopic (exact) mass is 375 g/mol. The first-order valence-electron chi connectivity index (χ1n) is 8.51. The molecule has 3 rings (SSSR count). The molecule has 2 aromatic rings.